The number of hydrogen-bond acceptors (Lipinski definition) is 3. The molecule has 104 valence electrons. The van der Waals surface area contributed by atoms with Crippen LogP contribution in [-0.2, 0) is 0 Å². The van der Waals surface area contributed by atoms with Gasteiger partial charge in [0, 0.05) is 5.56 Å². The highest BCUT2D eigenvalue weighted by atomic mass is 16.5. The lowest BCUT2D eigenvalue weighted by Crippen LogP contribution is -2.44. The summed E-state index contributed by atoms with van der Waals surface area (Å²) >= 11 is 0. The highest BCUT2D eigenvalue weighted by molar-refractivity contribution is 5.52. The third kappa shape index (κ3) is 2.10. The summed E-state index contributed by atoms with van der Waals surface area (Å²) in [7, 11) is 1.71. The summed E-state index contributed by atoms with van der Waals surface area (Å²) in [5.74, 6) is 1.79. The van der Waals surface area contributed by atoms with Crippen molar-refractivity contribution in [2.75, 3.05) is 20.2 Å². The maximum Gasteiger partial charge on any atom is 0.167 e. The molecule has 2 aliphatic heterocycles. The normalized spacial score (nSPS) is 25.7. The van der Waals surface area contributed by atoms with Crippen LogP contribution in [0.5, 0.6) is 11.5 Å². The van der Waals surface area contributed by atoms with E-state index in [1.54, 1.807) is 7.11 Å². The topological polar surface area (TPSA) is 21.7 Å². The van der Waals surface area contributed by atoms with Gasteiger partial charge in [-0.2, -0.15) is 0 Å². The Bertz CT molecular complexity index is 464. The first-order chi connectivity index (χ1) is 9.13. The lowest BCUT2D eigenvalue weighted by atomic mass is 9.91. The van der Waals surface area contributed by atoms with E-state index in [-0.39, 0.29) is 5.60 Å². The maximum atomic E-state index is 6.22. The SMILES string of the molecule is COc1cccc2c1OC(C)(C)C2N1CCCCC1. The Hall–Kier alpha value is -1.22. The number of piperidine rings is 1. The van der Waals surface area contributed by atoms with E-state index >= 15 is 0 Å². The highest BCUT2D eigenvalue weighted by Crippen LogP contribution is 2.50. The van der Waals surface area contributed by atoms with Crippen LogP contribution in [0.1, 0.15) is 44.7 Å². The zero-order valence-corrected chi connectivity index (χ0v) is 12.1. The van der Waals surface area contributed by atoms with Gasteiger partial charge in [0.15, 0.2) is 11.5 Å². The summed E-state index contributed by atoms with van der Waals surface area (Å²) in [6.07, 6.45) is 3.95. The molecule has 1 aromatic carbocycles. The molecule has 0 amide bonds. The van der Waals surface area contributed by atoms with Crippen LogP contribution in [0.2, 0.25) is 0 Å². The van der Waals surface area contributed by atoms with Crippen molar-refractivity contribution in [3.63, 3.8) is 0 Å². The van der Waals surface area contributed by atoms with Crippen molar-refractivity contribution in [1.82, 2.24) is 4.90 Å². The van der Waals surface area contributed by atoms with Gasteiger partial charge in [0.2, 0.25) is 0 Å². The standard InChI is InChI=1S/C16H23NO2/c1-16(2)15(17-10-5-4-6-11-17)12-8-7-9-13(18-3)14(12)19-16/h7-9,15H,4-6,10-11H2,1-3H3. The summed E-state index contributed by atoms with van der Waals surface area (Å²) in [6, 6.07) is 6.58. The number of benzene rings is 1. The Kier molecular flexibility index (Phi) is 3.17. The van der Waals surface area contributed by atoms with Crippen molar-refractivity contribution in [2.45, 2.75) is 44.8 Å². The number of ether oxygens (including phenoxy) is 2. The Morgan fingerprint density at radius 1 is 1.21 bits per heavy atom. The van der Waals surface area contributed by atoms with Gasteiger partial charge >= 0.3 is 0 Å². The minimum Gasteiger partial charge on any atom is -0.493 e. The number of nitrogens with zero attached hydrogens (tertiary/aromatic N) is 1. The van der Waals surface area contributed by atoms with Gasteiger partial charge in [-0.05, 0) is 45.8 Å². The molecule has 2 aliphatic rings. The van der Waals surface area contributed by atoms with Crippen LogP contribution in [0.3, 0.4) is 0 Å². The van der Waals surface area contributed by atoms with Gasteiger partial charge in [-0.3, -0.25) is 4.90 Å². The Morgan fingerprint density at radius 3 is 2.63 bits per heavy atom. The fraction of sp³-hybridized carbons (Fsp3) is 0.625. The van der Waals surface area contributed by atoms with Crippen molar-refractivity contribution < 1.29 is 9.47 Å². The molecule has 1 fully saturated rings. The van der Waals surface area contributed by atoms with Crippen molar-refractivity contribution in [3.8, 4) is 11.5 Å². The predicted molar refractivity (Wildman–Crippen MR) is 75.9 cm³/mol. The van der Waals surface area contributed by atoms with Gasteiger partial charge in [-0.15, -0.1) is 0 Å². The molecule has 1 aromatic rings. The zero-order valence-electron chi connectivity index (χ0n) is 12.1. The molecule has 2 heterocycles. The highest BCUT2D eigenvalue weighted by Gasteiger charge is 2.45. The van der Waals surface area contributed by atoms with Gasteiger partial charge in [0.1, 0.15) is 5.60 Å². The Morgan fingerprint density at radius 2 is 1.95 bits per heavy atom. The Balaban J connectivity index is 2.00. The number of fused-ring (bicyclic) bond motifs is 1. The number of hydrogen-bond donors (Lipinski definition) is 0. The first-order valence-electron chi connectivity index (χ1n) is 7.23. The van der Waals surface area contributed by atoms with E-state index in [9.17, 15) is 0 Å². The molecule has 0 bridgehead atoms. The van der Waals surface area contributed by atoms with Crippen LogP contribution in [0.25, 0.3) is 0 Å². The van der Waals surface area contributed by atoms with E-state index in [4.69, 9.17) is 9.47 Å². The third-order valence-corrected chi connectivity index (χ3v) is 4.30. The van der Waals surface area contributed by atoms with E-state index in [1.165, 1.54) is 37.9 Å². The number of likely N-dealkylation sites (tertiary alicyclic amines) is 1. The smallest absolute Gasteiger partial charge is 0.167 e. The molecule has 19 heavy (non-hydrogen) atoms. The summed E-state index contributed by atoms with van der Waals surface area (Å²) in [5, 5.41) is 0. The molecule has 3 rings (SSSR count). The van der Waals surface area contributed by atoms with Gasteiger partial charge in [-0.25, -0.2) is 0 Å². The summed E-state index contributed by atoms with van der Waals surface area (Å²) in [4.78, 5) is 2.58. The van der Waals surface area contributed by atoms with E-state index in [2.05, 4.69) is 30.9 Å². The van der Waals surface area contributed by atoms with Gasteiger partial charge in [0.25, 0.3) is 0 Å². The molecule has 0 aromatic heterocycles. The maximum absolute atomic E-state index is 6.22. The van der Waals surface area contributed by atoms with Crippen molar-refractivity contribution in [1.29, 1.82) is 0 Å². The first kappa shape index (κ1) is 12.8. The molecule has 0 radical (unpaired) electrons. The van der Waals surface area contributed by atoms with Crippen LogP contribution in [-0.4, -0.2) is 30.7 Å². The largest absolute Gasteiger partial charge is 0.493 e. The third-order valence-electron chi connectivity index (χ3n) is 4.30. The molecule has 3 nitrogen and oxygen atoms in total. The molecule has 1 atom stereocenters. The van der Waals surface area contributed by atoms with Crippen molar-refractivity contribution in [3.05, 3.63) is 23.8 Å². The summed E-state index contributed by atoms with van der Waals surface area (Å²) in [5.41, 5.74) is 1.10. The second-order valence-corrected chi connectivity index (χ2v) is 6.08. The van der Waals surface area contributed by atoms with Crippen LogP contribution in [0, 0.1) is 0 Å². The van der Waals surface area contributed by atoms with E-state index in [0.717, 1.165) is 11.5 Å². The molecular weight excluding hydrogens is 238 g/mol. The zero-order chi connectivity index (χ0) is 13.5. The Labute approximate surface area is 115 Å². The molecule has 1 unspecified atom stereocenters. The fourth-order valence-corrected chi connectivity index (χ4v) is 3.52. The summed E-state index contributed by atoms with van der Waals surface area (Å²) < 4.78 is 11.7. The monoisotopic (exact) mass is 261 g/mol. The minimum atomic E-state index is -0.186. The molecule has 1 saturated heterocycles. The second kappa shape index (κ2) is 4.71. The number of para-hydroxylation sites is 1. The summed E-state index contributed by atoms with van der Waals surface area (Å²) in [6.45, 7) is 6.72. The van der Waals surface area contributed by atoms with Crippen LogP contribution < -0.4 is 9.47 Å². The fourth-order valence-electron chi connectivity index (χ4n) is 3.52. The van der Waals surface area contributed by atoms with Crippen LogP contribution in [0.15, 0.2) is 18.2 Å². The number of methoxy groups -OCH3 is 1. The molecule has 3 heteroatoms. The molecular formula is C16H23NO2. The van der Waals surface area contributed by atoms with E-state index in [1.807, 2.05) is 6.07 Å². The molecule has 0 spiro atoms. The van der Waals surface area contributed by atoms with Crippen molar-refractivity contribution in [2.24, 2.45) is 0 Å². The van der Waals surface area contributed by atoms with Crippen molar-refractivity contribution >= 4 is 0 Å². The average molecular weight is 261 g/mol. The molecule has 0 N–H and O–H groups in total. The average Bonchev–Trinajstić information content (AvgIpc) is 2.69. The van der Waals surface area contributed by atoms with Gasteiger partial charge in [0.05, 0.1) is 13.2 Å². The quantitative estimate of drug-likeness (QED) is 0.814. The second-order valence-electron chi connectivity index (χ2n) is 6.08. The predicted octanol–water partition coefficient (Wildman–Crippen LogP) is 3.39. The van der Waals surface area contributed by atoms with E-state index in [0.29, 0.717) is 6.04 Å². The van der Waals surface area contributed by atoms with E-state index < -0.39 is 0 Å². The molecule has 0 saturated carbocycles. The van der Waals surface area contributed by atoms with Gasteiger partial charge in [-0.1, -0.05) is 18.6 Å². The lowest BCUT2D eigenvalue weighted by Gasteiger charge is -2.38. The van der Waals surface area contributed by atoms with Crippen LogP contribution >= 0.6 is 0 Å². The minimum absolute atomic E-state index is 0.186. The van der Waals surface area contributed by atoms with Gasteiger partial charge < -0.3 is 9.47 Å². The first-order valence-corrected chi connectivity index (χ1v) is 7.23. The van der Waals surface area contributed by atoms with Crippen LogP contribution in [0.4, 0.5) is 0 Å². The lowest BCUT2D eigenvalue weighted by molar-refractivity contribution is 0.0188. The molecule has 0 aliphatic carbocycles. The number of rotatable bonds is 2.